The summed E-state index contributed by atoms with van der Waals surface area (Å²) in [7, 11) is 0. The molecule has 2 saturated heterocycles. The van der Waals surface area contributed by atoms with Gasteiger partial charge in [0, 0.05) is 32.2 Å². The van der Waals surface area contributed by atoms with E-state index in [0.717, 1.165) is 32.2 Å². The van der Waals surface area contributed by atoms with Crippen LogP contribution in [-0.4, -0.2) is 60.4 Å². The summed E-state index contributed by atoms with van der Waals surface area (Å²) in [6, 6.07) is 9.39. The van der Waals surface area contributed by atoms with E-state index in [4.69, 9.17) is 10.5 Å². The van der Waals surface area contributed by atoms with Crippen molar-refractivity contribution in [2.45, 2.75) is 31.7 Å². The van der Waals surface area contributed by atoms with Gasteiger partial charge in [-0.15, -0.1) is 0 Å². The number of hydrogen-bond donors (Lipinski definition) is 1. The molecule has 0 aromatic heterocycles. The highest BCUT2D eigenvalue weighted by molar-refractivity contribution is 5.82. The molecule has 1 aromatic carbocycles. The van der Waals surface area contributed by atoms with E-state index in [1.54, 1.807) is 4.90 Å². The van der Waals surface area contributed by atoms with E-state index in [9.17, 15) is 9.59 Å². The van der Waals surface area contributed by atoms with Crippen molar-refractivity contribution in [1.82, 2.24) is 9.80 Å². The lowest BCUT2D eigenvalue weighted by atomic mass is 9.95. The number of hydrogen-bond acceptors (Lipinski definition) is 4. The Morgan fingerprint density at radius 3 is 2.52 bits per heavy atom. The first-order valence-electron chi connectivity index (χ1n) is 9.13. The molecule has 1 aromatic rings. The first-order chi connectivity index (χ1) is 12.1. The molecule has 0 aliphatic carbocycles. The van der Waals surface area contributed by atoms with Crippen LogP contribution in [0.3, 0.4) is 0 Å². The van der Waals surface area contributed by atoms with Crippen LogP contribution in [0.1, 0.15) is 25.7 Å². The van der Waals surface area contributed by atoms with Crippen molar-refractivity contribution in [3.63, 3.8) is 0 Å². The van der Waals surface area contributed by atoms with Crippen LogP contribution in [0.2, 0.25) is 0 Å². The van der Waals surface area contributed by atoms with Crippen molar-refractivity contribution < 1.29 is 14.3 Å². The fourth-order valence-electron chi connectivity index (χ4n) is 3.63. The van der Waals surface area contributed by atoms with E-state index in [1.165, 1.54) is 0 Å². The topological polar surface area (TPSA) is 75.9 Å². The summed E-state index contributed by atoms with van der Waals surface area (Å²) >= 11 is 0. The van der Waals surface area contributed by atoms with Crippen molar-refractivity contribution in [1.29, 1.82) is 0 Å². The number of carbonyl (C=O) groups excluding carboxylic acids is 2. The molecule has 136 valence electrons. The van der Waals surface area contributed by atoms with Gasteiger partial charge in [0.15, 0.2) is 6.61 Å². The van der Waals surface area contributed by atoms with E-state index in [2.05, 4.69) is 0 Å². The Labute approximate surface area is 148 Å². The average molecular weight is 345 g/mol. The van der Waals surface area contributed by atoms with Gasteiger partial charge in [-0.05, 0) is 37.8 Å². The normalized spacial score (nSPS) is 24.0. The highest BCUT2D eigenvalue weighted by atomic mass is 16.5. The first-order valence-corrected chi connectivity index (χ1v) is 9.13. The molecule has 2 atom stereocenters. The summed E-state index contributed by atoms with van der Waals surface area (Å²) in [5.41, 5.74) is 5.99. The third-order valence-electron chi connectivity index (χ3n) is 5.00. The number of likely N-dealkylation sites (tertiary alicyclic amines) is 2. The summed E-state index contributed by atoms with van der Waals surface area (Å²) < 4.78 is 5.54. The second-order valence-electron chi connectivity index (χ2n) is 6.97. The zero-order valence-corrected chi connectivity index (χ0v) is 14.6. The monoisotopic (exact) mass is 345 g/mol. The SMILES string of the molecule is NC1CCCN(C(=O)C2CCCN(C(=O)COc3ccccc3)C2)C1. The molecule has 0 radical (unpaired) electrons. The maximum Gasteiger partial charge on any atom is 0.260 e. The average Bonchev–Trinajstić information content (AvgIpc) is 2.66. The van der Waals surface area contributed by atoms with Crippen LogP contribution in [0.25, 0.3) is 0 Å². The lowest BCUT2D eigenvalue weighted by Gasteiger charge is -2.37. The van der Waals surface area contributed by atoms with Gasteiger partial charge in [-0.3, -0.25) is 9.59 Å². The number of nitrogens with zero attached hydrogens (tertiary/aromatic N) is 2. The molecule has 2 amide bonds. The Morgan fingerprint density at radius 1 is 1.04 bits per heavy atom. The molecule has 2 aliphatic heterocycles. The van der Waals surface area contributed by atoms with Gasteiger partial charge < -0.3 is 20.3 Å². The smallest absolute Gasteiger partial charge is 0.260 e. The number of para-hydroxylation sites is 1. The number of piperidine rings is 2. The fraction of sp³-hybridized carbons (Fsp3) is 0.579. The Bertz CT molecular complexity index is 593. The van der Waals surface area contributed by atoms with Gasteiger partial charge in [0.2, 0.25) is 5.91 Å². The molecule has 0 saturated carbocycles. The molecule has 2 fully saturated rings. The van der Waals surface area contributed by atoms with Gasteiger partial charge in [-0.1, -0.05) is 18.2 Å². The minimum Gasteiger partial charge on any atom is -0.484 e. The number of rotatable bonds is 4. The number of carbonyl (C=O) groups is 2. The van der Waals surface area contributed by atoms with Crippen LogP contribution in [0.5, 0.6) is 5.75 Å². The Morgan fingerprint density at radius 2 is 1.76 bits per heavy atom. The lowest BCUT2D eigenvalue weighted by molar-refractivity contribution is -0.142. The van der Waals surface area contributed by atoms with Gasteiger partial charge >= 0.3 is 0 Å². The number of nitrogens with two attached hydrogens (primary N) is 1. The second kappa shape index (κ2) is 8.34. The Hall–Kier alpha value is -2.08. The molecule has 0 bridgehead atoms. The molecule has 6 nitrogen and oxygen atoms in total. The molecule has 2 heterocycles. The summed E-state index contributed by atoms with van der Waals surface area (Å²) in [4.78, 5) is 28.8. The van der Waals surface area contributed by atoms with Gasteiger partial charge in [0.1, 0.15) is 5.75 Å². The van der Waals surface area contributed by atoms with Crippen molar-refractivity contribution in [2.75, 3.05) is 32.8 Å². The van der Waals surface area contributed by atoms with Gasteiger partial charge in [-0.2, -0.15) is 0 Å². The molecule has 25 heavy (non-hydrogen) atoms. The van der Waals surface area contributed by atoms with Crippen molar-refractivity contribution in [3.8, 4) is 5.75 Å². The first kappa shape index (κ1) is 17.7. The van der Waals surface area contributed by atoms with E-state index in [1.807, 2.05) is 35.2 Å². The third-order valence-corrected chi connectivity index (χ3v) is 5.00. The number of ether oxygens (including phenoxy) is 1. The van der Waals surface area contributed by atoms with Crippen LogP contribution in [0.15, 0.2) is 30.3 Å². The quantitative estimate of drug-likeness (QED) is 0.891. The minimum atomic E-state index is -0.111. The van der Waals surface area contributed by atoms with E-state index in [-0.39, 0.29) is 30.4 Å². The fourth-order valence-corrected chi connectivity index (χ4v) is 3.63. The van der Waals surface area contributed by atoms with Crippen molar-refractivity contribution >= 4 is 11.8 Å². The standard InChI is InChI=1S/C19H27N3O3/c20-16-7-5-11-22(13-16)19(24)15-6-4-10-21(12-15)18(23)14-25-17-8-2-1-3-9-17/h1-3,8-9,15-16H,4-7,10-14,20H2. The molecule has 2 N–H and O–H groups in total. The maximum absolute atomic E-state index is 12.7. The Balaban J connectivity index is 1.51. The van der Waals surface area contributed by atoms with E-state index < -0.39 is 0 Å². The van der Waals surface area contributed by atoms with E-state index >= 15 is 0 Å². The van der Waals surface area contributed by atoms with Gasteiger partial charge in [0.25, 0.3) is 5.91 Å². The molecule has 3 rings (SSSR count). The van der Waals surface area contributed by atoms with Crippen LogP contribution < -0.4 is 10.5 Å². The molecular formula is C19H27N3O3. The van der Waals surface area contributed by atoms with Crippen LogP contribution >= 0.6 is 0 Å². The molecule has 6 heteroatoms. The zero-order valence-electron chi connectivity index (χ0n) is 14.6. The van der Waals surface area contributed by atoms with Crippen LogP contribution in [0, 0.1) is 5.92 Å². The maximum atomic E-state index is 12.7. The molecule has 0 spiro atoms. The van der Waals surface area contributed by atoms with Crippen molar-refractivity contribution in [3.05, 3.63) is 30.3 Å². The number of amides is 2. The predicted octanol–water partition coefficient (Wildman–Crippen LogP) is 1.25. The minimum absolute atomic E-state index is 0.0134. The van der Waals surface area contributed by atoms with Crippen LogP contribution in [-0.2, 0) is 9.59 Å². The van der Waals surface area contributed by atoms with Gasteiger partial charge in [-0.25, -0.2) is 0 Å². The summed E-state index contributed by atoms with van der Waals surface area (Å²) in [5, 5.41) is 0. The van der Waals surface area contributed by atoms with E-state index in [0.29, 0.717) is 25.4 Å². The second-order valence-corrected chi connectivity index (χ2v) is 6.97. The van der Waals surface area contributed by atoms with Crippen molar-refractivity contribution in [2.24, 2.45) is 11.7 Å². The van der Waals surface area contributed by atoms with Crippen LogP contribution in [0.4, 0.5) is 0 Å². The molecule has 2 aliphatic rings. The molecule has 2 unspecified atom stereocenters. The number of benzene rings is 1. The summed E-state index contributed by atoms with van der Waals surface area (Å²) in [6.45, 7) is 2.62. The predicted molar refractivity (Wildman–Crippen MR) is 95.0 cm³/mol. The highest BCUT2D eigenvalue weighted by Gasteiger charge is 2.32. The van der Waals surface area contributed by atoms with Gasteiger partial charge in [0.05, 0.1) is 5.92 Å². The Kier molecular flexibility index (Phi) is 5.91. The third kappa shape index (κ3) is 4.72. The summed E-state index contributed by atoms with van der Waals surface area (Å²) in [6.07, 6.45) is 3.64. The zero-order chi connectivity index (χ0) is 17.6. The largest absolute Gasteiger partial charge is 0.484 e. The molecular weight excluding hydrogens is 318 g/mol. The summed E-state index contributed by atoms with van der Waals surface area (Å²) in [5.74, 6) is 0.663. The lowest BCUT2D eigenvalue weighted by Crippen LogP contribution is -2.51. The highest BCUT2D eigenvalue weighted by Crippen LogP contribution is 2.21.